The summed E-state index contributed by atoms with van der Waals surface area (Å²) in [4.78, 5) is 13.8. The lowest BCUT2D eigenvalue weighted by Gasteiger charge is -2.25. The summed E-state index contributed by atoms with van der Waals surface area (Å²) in [5.74, 6) is 1.48. The lowest BCUT2D eigenvalue weighted by atomic mass is 10.0. The van der Waals surface area contributed by atoms with Crippen LogP contribution in [0.2, 0.25) is 0 Å². The van der Waals surface area contributed by atoms with E-state index in [-0.39, 0.29) is 11.9 Å². The van der Waals surface area contributed by atoms with Gasteiger partial charge in [-0.2, -0.15) is 0 Å². The van der Waals surface area contributed by atoms with Crippen molar-refractivity contribution in [2.24, 2.45) is 11.7 Å². The molecule has 0 bridgehead atoms. The van der Waals surface area contributed by atoms with Crippen LogP contribution in [0, 0.1) is 5.92 Å². The normalized spacial score (nSPS) is 12.8. The summed E-state index contributed by atoms with van der Waals surface area (Å²) in [6.45, 7) is 6.66. The monoisotopic (exact) mass is 238 g/mol. The molecule has 1 aromatic heterocycles. The maximum absolute atomic E-state index is 12.1. The highest BCUT2D eigenvalue weighted by atomic mass is 16.4. The molecule has 2 N–H and O–H groups in total. The fraction of sp³-hybridized carbons (Fsp3) is 0.615. The van der Waals surface area contributed by atoms with Gasteiger partial charge in [0.15, 0.2) is 5.76 Å². The van der Waals surface area contributed by atoms with Crippen molar-refractivity contribution in [2.45, 2.75) is 39.8 Å². The minimum absolute atomic E-state index is 0.0853. The molecule has 1 heterocycles. The molecule has 0 fully saturated rings. The van der Waals surface area contributed by atoms with Crippen LogP contribution in [-0.2, 0) is 6.54 Å². The Morgan fingerprint density at radius 1 is 1.41 bits per heavy atom. The van der Waals surface area contributed by atoms with E-state index in [9.17, 15) is 4.79 Å². The highest BCUT2D eigenvalue weighted by Crippen LogP contribution is 2.15. The molecule has 1 rings (SSSR count). The molecule has 1 amide bonds. The van der Waals surface area contributed by atoms with E-state index in [2.05, 4.69) is 13.8 Å². The molecule has 0 spiro atoms. The first-order chi connectivity index (χ1) is 7.95. The smallest absolute Gasteiger partial charge is 0.289 e. The van der Waals surface area contributed by atoms with Crippen molar-refractivity contribution in [1.82, 2.24) is 4.90 Å². The minimum atomic E-state index is -0.0853. The number of amides is 1. The molecule has 1 atom stereocenters. The SMILES string of the molecule is CC(C)CC(C)N(C)C(=O)c1ccc(CN)o1. The molecule has 1 aromatic rings. The predicted octanol–water partition coefficient (Wildman–Crippen LogP) is 2.24. The van der Waals surface area contributed by atoms with E-state index < -0.39 is 0 Å². The summed E-state index contributed by atoms with van der Waals surface area (Å²) in [6.07, 6.45) is 0.979. The average molecular weight is 238 g/mol. The Balaban J connectivity index is 2.68. The van der Waals surface area contributed by atoms with Gasteiger partial charge in [-0.05, 0) is 31.4 Å². The first-order valence-electron chi connectivity index (χ1n) is 6.01. The maximum Gasteiger partial charge on any atom is 0.289 e. The van der Waals surface area contributed by atoms with Crippen molar-refractivity contribution >= 4 is 5.91 Å². The van der Waals surface area contributed by atoms with E-state index in [4.69, 9.17) is 10.2 Å². The molecule has 17 heavy (non-hydrogen) atoms. The third-order valence-electron chi connectivity index (χ3n) is 2.87. The number of nitrogens with zero attached hydrogens (tertiary/aromatic N) is 1. The third kappa shape index (κ3) is 3.60. The van der Waals surface area contributed by atoms with Crippen molar-refractivity contribution in [1.29, 1.82) is 0 Å². The molecule has 0 aliphatic rings. The van der Waals surface area contributed by atoms with Crippen molar-refractivity contribution in [3.8, 4) is 0 Å². The standard InChI is InChI=1S/C13H22N2O2/c1-9(2)7-10(3)15(4)13(16)12-6-5-11(8-14)17-12/h5-6,9-10H,7-8,14H2,1-4H3. The van der Waals surface area contributed by atoms with E-state index in [1.807, 2.05) is 6.92 Å². The highest BCUT2D eigenvalue weighted by Gasteiger charge is 2.20. The predicted molar refractivity (Wildman–Crippen MR) is 67.6 cm³/mol. The van der Waals surface area contributed by atoms with Crippen molar-refractivity contribution < 1.29 is 9.21 Å². The highest BCUT2D eigenvalue weighted by molar-refractivity contribution is 5.91. The lowest BCUT2D eigenvalue weighted by Crippen LogP contribution is -2.35. The van der Waals surface area contributed by atoms with Crippen LogP contribution in [0.5, 0.6) is 0 Å². The molecule has 0 saturated carbocycles. The number of hydrogen-bond donors (Lipinski definition) is 1. The van der Waals surface area contributed by atoms with Gasteiger partial charge in [0.2, 0.25) is 0 Å². The molecule has 0 saturated heterocycles. The molecule has 0 aliphatic heterocycles. The third-order valence-corrected chi connectivity index (χ3v) is 2.87. The summed E-state index contributed by atoms with van der Waals surface area (Å²) in [7, 11) is 1.81. The van der Waals surface area contributed by atoms with Crippen molar-refractivity contribution in [3.63, 3.8) is 0 Å². The van der Waals surface area contributed by atoms with Crippen LogP contribution >= 0.6 is 0 Å². The Hall–Kier alpha value is -1.29. The van der Waals surface area contributed by atoms with E-state index in [0.717, 1.165) is 6.42 Å². The van der Waals surface area contributed by atoms with Gasteiger partial charge in [-0.3, -0.25) is 4.79 Å². The van der Waals surface area contributed by atoms with E-state index in [1.165, 1.54) is 0 Å². The largest absolute Gasteiger partial charge is 0.455 e. The molecule has 0 aromatic carbocycles. The number of rotatable bonds is 5. The van der Waals surface area contributed by atoms with Gasteiger partial charge in [0.05, 0.1) is 6.54 Å². The second kappa shape index (κ2) is 5.87. The van der Waals surface area contributed by atoms with Gasteiger partial charge in [0.25, 0.3) is 5.91 Å². The van der Waals surface area contributed by atoms with Crippen molar-refractivity contribution in [2.75, 3.05) is 7.05 Å². The number of nitrogens with two attached hydrogens (primary N) is 1. The maximum atomic E-state index is 12.1. The summed E-state index contributed by atoms with van der Waals surface area (Å²) < 4.78 is 5.35. The molecule has 0 aliphatic carbocycles. The van der Waals surface area contributed by atoms with E-state index in [1.54, 1.807) is 24.1 Å². The quantitative estimate of drug-likeness (QED) is 0.855. The van der Waals surface area contributed by atoms with Crippen LogP contribution < -0.4 is 5.73 Å². The summed E-state index contributed by atoms with van der Waals surface area (Å²) in [5.41, 5.74) is 5.45. The zero-order chi connectivity index (χ0) is 13.0. The fourth-order valence-electron chi connectivity index (χ4n) is 1.82. The van der Waals surface area contributed by atoms with Gasteiger partial charge < -0.3 is 15.1 Å². The van der Waals surface area contributed by atoms with Crippen LogP contribution in [-0.4, -0.2) is 23.9 Å². The molecule has 96 valence electrons. The minimum Gasteiger partial charge on any atom is -0.455 e. The zero-order valence-electron chi connectivity index (χ0n) is 11.1. The van der Waals surface area contributed by atoms with Gasteiger partial charge in [0.1, 0.15) is 5.76 Å². The Bertz CT molecular complexity index is 371. The van der Waals surface area contributed by atoms with Crippen LogP contribution in [0.15, 0.2) is 16.5 Å². The Kier molecular flexibility index (Phi) is 4.75. The van der Waals surface area contributed by atoms with Gasteiger partial charge in [-0.25, -0.2) is 0 Å². The van der Waals surface area contributed by atoms with Crippen LogP contribution in [0.25, 0.3) is 0 Å². The Morgan fingerprint density at radius 3 is 2.53 bits per heavy atom. The number of furan rings is 1. The molecule has 4 heteroatoms. The molecule has 1 unspecified atom stereocenters. The first kappa shape index (κ1) is 13.8. The Labute approximate surface area is 103 Å². The molecule has 0 radical (unpaired) electrons. The van der Waals surface area contributed by atoms with Gasteiger partial charge in [0, 0.05) is 13.1 Å². The molecular formula is C13H22N2O2. The topological polar surface area (TPSA) is 59.5 Å². The summed E-state index contributed by atoms with van der Waals surface area (Å²) >= 11 is 0. The lowest BCUT2D eigenvalue weighted by molar-refractivity contribution is 0.0694. The number of carbonyl (C=O) groups excluding carboxylic acids is 1. The van der Waals surface area contributed by atoms with Gasteiger partial charge in [-0.1, -0.05) is 13.8 Å². The van der Waals surface area contributed by atoms with E-state index in [0.29, 0.717) is 24.0 Å². The van der Waals surface area contributed by atoms with Crippen LogP contribution in [0.1, 0.15) is 43.5 Å². The van der Waals surface area contributed by atoms with Gasteiger partial charge >= 0.3 is 0 Å². The summed E-state index contributed by atoms with van der Waals surface area (Å²) in [5, 5.41) is 0. The second-order valence-electron chi connectivity index (χ2n) is 4.86. The van der Waals surface area contributed by atoms with Crippen molar-refractivity contribution in [3.05, 3.63) is 23.7 Å². The van der Waals surface area contributed by atoms with Crippen LogP contribution in [0.4, 0.5) is 0 Å². The first-order valence-corrected chi connectivity index (χ1v) is 6.01. The summed E-state index contributed by atoms with van der Waals surface area (Å²) in [6, 6.07) is 3.63. The molecular weight excluding hydrogens is 216 g/mol. The average Bonchev–Trinajstić information content (AvgIpc) is 2.74. The van der Waals surface area contributed by atoms with E-state index >= 15 is 0 Å². The van der Waals surface area contributed by atoms with Crippen LogP contribution in [0.3, 0.4) is 0 Å². The Morgan fingerprint density at radius 2 is 2.06 bits per heavy atom. The second-order valence-corrected chi connectivity index (χ2v) is 4.86. The number of carbonyl (C=O) groups is 1. The fourth-order valence-corrected chi connectivity index (χ4v) is 1.82. The zero-order valence-corrected chi connectivity index (χ0v) is 11.1. The number of hydrogen-bond acceptors (Lipinski definition) is 3. The van der Waals surface area contributed by atoms with Gasteiger partial charge in [-0.15, -0.1) is 0 Å². The molecule has 4 nitrogen and oxygen atoms in total.